The highest BCUT2D eigenvalue weighted by Gasteiger charge is 2.47. The number of rotatable bonds is 3. The summed E-state index contributed by atoms with van der Waals surface area (Å²) in [5, 5.41) is 0.680. The maximum atomic E-state index is 10.6. The van der Waals surface area contributed by atoms with Crippen LogP contribution >= 0.6 is 11.6 Å². The summed E-state index contributed by atoms with van der Waals surface area (Å²) in [5.74, 6) is 0. The second-order valence-electron chi connectivity index (χ2n) is 5.00. The monoisotopic (exact) mass is 278 g/mol. The molecule has 1 saturated carbocycles. The van der Waals surface area contributed by atoms with Crippen LogP contribution in [-0.4, -0.2) is 32.4 Å². The van der Waals surface area contributed by atoms with Gasteiger partial charge in [-0.15, -0.1) is 0 Å². The average molecular weight is 279 g/mol. The lowest BCUT2D eigenvalue weighted by molar-refractivity contribution is 0.122. The normalized spacial score (nSPS) is 20.8. The van der Waals surface area contributed by atoms with Crippen LogP contribution in [0.4, 0.5) is 5.69 Å². The Morgan fingerprint density at radius 1 is 1.32 bits per heavy atom. The minimum atomic E-state index is -0.389. The Labute approximate surface area is 117 Å². The van der Waals surface area contributed by atoms with Gasteiger partial charge in [0.1, 0.15) is 5.54 Å². The van der Waals surface area contributed by atoms with E-state index in [2.05, 4.69) is 9.89 Å². The second kappa shape index (κ2) is 4.97. The number of halogens is 1. The fourth-order valence-corrected chi connectivity index (χ4v) is 2.78. The summed E-state index contributed by atoms with van der Waals surface area (Å²) in [7, 11) is 0. The summed E-state index contributed by atoms with van der Waals surface area (Å²) in [5.41, 5.74) is 1.77. The van der Waals surface area contributed by atoms with Crippen LogP contribution in [0.1, 0.15) is 18.4 Å². The Bertz CT molecular complexity index is 530. The van der Waals surface area contributed by atoms with E-state index < -0.39 is 0 Å². The van der Waals surface area contributed by atoms with Crippen LogP contribution in [0.15, 0.2) is 23.2 Å². The van der Waals surface area contributed by atoms with Gasteiger partial charge in [-0.25, -0.2) is 4.79 Å². The summed E-state index contributed by atoms with van der Waals surface area (Å²) < 4.78 is 5.38. The van der Waals surface area contributed by atoms with E-state index in [-0.39, 0.29) is 5.54 Å². The number of morpholine rings is 1. The molecule has 0 atom stereocenters. The molecule has 1 aromatic rings. The fraction of sp³-hybridized carbons (Fsp3) is 0.500. The zero-order valence-electron chi connectivity index (χ0n) is 10.6. The molecule has 0 aromatic heterocycles. The first-order valence-corrected chi connectivity index (χ1v) is 6.85. The first kappa shape index (κ1) is 12.7. The molecule has 4 nitrogen and oxygen atoms in total. The molecule has 0 bridgehead atoms. The Morgan fingerprint density at radius 3 is 2.68 bits per heavy atom. The maximum absolute atomic E-state index is 10.6. The van der Waals surface area contributed by atoms with Crippen molar-refractivity contribution in [2.45, 2.75) is 18.4 Å². The van der Waals surface area contributed by atoms with Gasteiger partial charge >= 0.3 is 0 Å². The predicted molar refractivity (Wildman–Crippen MR) is 73.5 cm³/mol. The molecule has 1 aromatic carbocycles. The highest BCUT2D eigenvalue weighted by molar-refractivity contribution is 6.30. The molecule has 1 saturated heterocycles. The minimum Gasteiger partial charge on any atom is -0.378 e. The number of isocyanates is 1. The molecule has 5 heteroatoms. The van der Waals surface area contributed by atoms with Gasteiger partial charge in [-0.2, -0.15) is 4.99 Å². The van der Waals surface area contributed by atoms with Crippen molar-refractivity contribution < 1.29 is 9.53 Å². The summed E-state index contributed by atoms with van der Waals surface area (Å²) in [4.78, 5) is 16.9. The van der Waals surface area contributed by atoms with E-state index in [0.29, 0.717) is 5.02 Å². The van der Waals surface area contributed by atoms with Crippen molar-refractivity contribution in [2.24, 2.45) is 4.99 Å². The van der Waals surface area contributed by atoms with E-state index in [9.17, 15) is 4.79 Å². The molecule has 3 rings (SSSR count). The van der Waals surface area contributed by atoms with Crippen LogP contribution in [0.5, 0.6) is 0 Å². The molecule has 1 aliphatic heterocycles. The van der Waals surface area contributed by atoms with Gasteiger partial charge in [0.15, 0.2) is 0 Å². The Hall–Kier alpha value is -1.35. The quantitative estimate of drug-likeness (QED) is 0.630. The molecular weight excluding hydrogens is 264 g/mol. The third kappa shape index (κ3) is 2.39. The molecule has 19 heavy (non-hydrogen) atoms. The molecule has 0 spiro atoms. The first-order chi connectivity index (χ1) is 9.25. The van der Waals surface area contributed by atoms with Crippen molar-refractivity contribution in [1.82, 2.24) is 0 Å². The van der Waals surface area contributed by atoms with Crippen LogP contribution in [-0.2, 0) is 15.1 Å². The largest absolute Gasteiger partial charge is 0.378 e. The van der Waals surface area contributed by atoms with Crippen molar-refractivity contribution in [2.75, 3.05) is 31.2 Å². The standard InChI is InChI=1S/C14H15ClN2O2/c15-11-1-2-13(17-5-7-19-8-6-17)12(9-11)14(3-4-14)16-10-18/h1-2,9H,3-8H2. The molecule has 0 amide bonds. The molecular formula is C14H15ClN2O2. The lowest BCUT2D eigenvalue weighted by Crippen LogP contribution is -2.37. The van der Waals surface area contributed by atoms with Gasteiger partial charge in [0, 0.05) is 29.4 Å². The van der Waals surface area contributed by atoms with Crippen LogP contribution in [0, 0.1) is 0 Å². The number of aliphatic imine (C=N–C) groups is 1. The Morgan fingerprint density at radius 2 is 2.05 bits per heavy atom. The number of carbonyl (C=O) groups excluding carboxylic acids is 1. The van der Waals surface area contributed by atoms with Crippen molar-refractivity contribution in [1.29, 1.82) is 0 Å². The molecule has 2 fully saturated rings. The summed E-state index contributed by atoms with van der Waals surface area (Å²) in [6, 6.07) is 5.83. The molecule has 100 valence electrons. The van der Waals surface area contributed by atoms with Crippen LogP contribution < -0.4 is 4.90 Å². The zero-order valence-corrected chi connectivity index (χ0v) is 11.3. The fourth-order valence-electron chi connectivity index (χ4n) is 2.61. The maximum Gasteiger partial charge on any atom is 0.235 e. The predicted octanol–water partition coefficient (Wildman–Crippen LogP) is 2.50. The number of benzene rings is 1. The van der Waals surface area contributed by atoms with Gasteiger partial charge in [-0.1, -0.05) is 11.6 Å². The first-order valence-electron chi connectivity index (χ1n) is 6.47. The summed E-state index contributed by atoms with van der Waals surface area (Å²) >= 11 is 6.11. The highest BCUT2D eigenvalue weighted by atomic mass is 35.5. The Kier molecular flexibility index (Phi) is 3.31. The number of anilines is 1. The smallest absolute Gasteiger partial charge is 0.235 e. The topological polar surface area (TPSA) is 41.9 Å². The molecule has 1 heterocycles. The van der Waals surface area contributed by atoms with Crippen molar-refractivity contribution >= 4 is 23.4 Å². The number of hydrogen-bond acceptors (Lipinski definition) is 4. The lowest BCUT2D eigenvalue weighted by Gasteiger charge is -2.31. The van der Waals surface area contributed by atoms with Crippen LogP contribution in [0.25, 0.3) is 0 Å². The third-order valence-electron chi connectivity index (χ3n) is 3.79. The van der Waals surface area contributed by atoms with Crippen molar-refractivity contribution in [3.05, 3.63) is 28.8 Å². The van der Waals surface area contributed by atoms with E-state index in [4.69, 9.17) is 16.3 Å². The van der Waals surface area contributed by atoms with Crippen molar-refractivity contribution in [3.63, 3.8) is 0 Å². The summed E-state index contributed by atoms with van der Waals surface area (Å²) in [6.07, 6.45) is 3.48. The molecule has 0 N–H and O–H groups in total. The lowest BCUT2D eigenvalue weighted by atomic mass is 10.0. The van der Waals surface area contributed by atoms with Gasteiger partial charge in [-0.05, 0) is 31.0 Å². The van der Waals surface area contributed by atoms with Gasteiger partial charge in [0.2, 0.25) is 6.08 Å². The van der Waals surface area contributed by atoms with E-state index in [1.54, 1.807) is 6.08 Å². The van der Waals surface area contributed by atoms with E-state index in [1.807, 2.05) is 18.2 Å². The minimum absolute atomic E-state index is 0.389. The molecule has 0 unspecified atom stereocenters. The van der Waals surface area contributed by atoms with Crippen molar-refractivity contribution in [3.8, 4) is 0 Å². The molecule has 2 aliphatic rings. The number of hydrogen-bond donors (Lipinski definition) is 0. The van der Waals surface area contributed by atoms with Gasteiger partial charge in [0.05, 0.1) is 13.2 Å². The van der Waals surface area contributed by atoms with Gasteiger partial charge in [0.25, 0.3) is 0 Å². The number of ether oxygens (including phenoxy) is 1. The third-order valence-corrected chi connectivity index (χ3v) is 4.03. The molecule has 0 radical (unpaired) electrons. The van der Waals surface area contributed by atoms with E-state index in [1.165, 1.54) is 0 Å². The van der Waals surface area contributed by atoms with Gasteiger partial charge < -0.3 is 9.64 Å². The van der Waals surface area contributed by atoms with Gasteiger partial charge in [-0.3, -0.25) is 0 Å². The number of nitrogens with zero attached hydrogens (tertiary/aromatic N) is 2. The van der Waals surface area contributed by atoms with Crippen LogP contribution in [0.3, 0.4) is 0 Å². The summed E-state index contributed by atoms with van der Waals surface area (Å²) in [6.45, 7) is 3.17. The van der Waals surface area contributed by atoms with E-state index in [0.717, 1.165) is 50.4 Å². The molecule has 1 aliphatic carbocycles. The SMILES string of the molecule is O=C=NC1(c2cc(Cl)ccc2N2CCOCC2)CC1. The second-order valence-corrected chi connectivity index (χ2v) is 5.43. The Balaban J connectivity index is 2.02. The highest BCUT2D eigenvalue weighted by Crippen LogP contribution is 2.52. The van der Waals surface area contributed by atoms with E-state index >= 15 is 0 Å². The van der Waals surface area contributed by atoms with Crippen LogP contribution in [0.2, 0.25) is 5.02 Å². The zero-order chi connectivity index (χ0) is 13.3. The average Bonchev–Trinajstić information content (AvgIpc) is 3.21.